The van der Waals surface area contributed by atoms with Crippen LogP contribution in [0.2, 0.25) is 0 Å². The number of amides is 1. The highest BCUT2D eigenvalue weighted by atomic mass is 32.2. The summed E-state index contributed by atoms with van der Waals surface area (Å²) in [6.07, 6.45) is 10.5. The van der Waals surface area contributed by atoms with Crippen LogP contribution >= 0.6 is 0 Å². The van der Waals surface area contributed by atoms with Gasteiger partial charge in [0.05, 0.1) is 4.90 Å². The molecule has 5 fully saturated rings. The first-order valence-corrected chi connectivity index (χ1v) is 13.3. The number of carbonyl (C=O) groups is 1. The van der Waals surface area contributed by atoms with Crippen molar-refractivity contribution in [2.45, 2.75) is 62.7 Å². The van der Waals surface area contributed by atoms with Crippen LogP contribution in [0.4, 0.5) is 4.39 Å². The number of hydrogen-bond donors (Lipinski definition) is 1. The number of benzene rings is 1. The molecule has 1 heterocycles. The molecular weight excluding hydrogens is 415 g/mol. The van der Waals surface area contributed by atoms with E-state index in [9.17, 15) is 17.6 Å². The van der Waals surface area contributed by atoms with Crippen molar-refractivity contribution in [3.63, 3.8) is 0 Å². The molecule has 5 aliphatic rings. The van der Waals surface area contributed by atoms with Crippen LogP contribution in [0.15, 0.2) is 29.2 Å². The van der Waals surface area contributed by atoms with Crippen LogP contribution in [-0.4, -0.2) is 38.3 Å². The van der Waals surface area contributed by atoms with Gasteiger partial charge in [0.2, 0.25) is 15.9 Å². The van der Waals surface area contributed by atoms with Crippen molar-refractivity contribution in [1.29, 1.82) is 0 Å². The van der Waals surface area contributed by atoms with Crippen molar-refractivity contribution in [3.8, 4) is 0 Å². The van der Waals surface area contributed by atoms with Crippen LogP contribution in [0.25, 0.3) is 0 Å². The minimum atomic E-state index is -3.64. The van der Waals surface area contributed by atoms with Gasteiger partial charge in [0.25, 0.3) is 0 Å². The molecule has 5 nitrogen and oxygen atoms in total. The van der Waals surface area contributed by atoms with Gasteiger partial charge in [0.1, 0.15) is 5.82 Å². The molecule has 4 bridgehead atoms. The first-order valence-electron chi connectivity index (χ1n) is 11.9. The third-order valence-electron chi connectivity index (χ3n) is 8.40. The van der Waals surface area contributed by atoms with Gasteiger partial charge < -0.3 is 5.32 Å². The molecule has 1 amide bonds. The van der Waals surface area contributed by atoms with Crippen molar-refractivity contribution in [1.82, 2.24) is 9.62 Å². The largest absolute Gasteiger partial charge is 0.356 e. The fourth-order valence-electron chi connectivity index (χ4n) is 7.31. The van der Waals surface area contributed by atoms with Crippen LogP contribution in [0, 0.1) is 34.9 Å². The van der Waals surface area contributed by atoms with Crippen LogP contribution in [-0.2, 0) is 14.8 Å². The minimum Gasteiger partial charge on any atom is -0.356 e. The number of piperidine rings is 1. The number of halogens is 1. The summed E-state index contributed by atoms with van der Waals surface area (Å²) < 4.78 is 40.0. The van der Waals surface area contributed by atoms with E-state index in [1.807, 2.05) is 0 Å². The summed E-state index contributed by atoms with van der Waals surface area (Å²) in [5.74, 6) is 2.26. The Kier molecular flexibility index (Phi) is 5.62. The normalized spacial score (nSPS) is 33.5. The van der Waals surface area contributed by atoms with E-state index in [0.717, 1.165) is 42.9 Å². The van der Waals surface area contributed by atoms with Crippen LogP contribution < -0.4 is 5.32 Å². The fraction of sp³-hybridized carbons (Fsp3) is 0.708. The van der Waals surface area contributed by atoms with Crippen molar-refractivity contribution in [2.75, 3.05) is 19.6 Å². The van der Waals surface area contributed by atoms with E-state index in [4.69, 9.17) is 0 Å². The Morgan fingerprint density at radius 1 is 1.00 bits per heavy atom. The predicted octanol–water partition coefficient (Wildman–Crippen LogP) is 3.95. The first kappa shape index (κ1) is 21.4. The molecule has 0 atom stereocenters. The Balaban J connectivity index is 1.10. The molecule has 0 unspecified atom stereocenters. The van der Waals surface area contributed by atoms with Crippen molar-refractivity contribution in [3.05, 3.63) is 30.1 Å². The molecule has 7 heteroatoms. The third-order valence-corrected chi connectivity index (χ3v) is 10.3. The maximum atomic E-state index is 13.1. The van der Waals surface area contributed by atoms with E-state index in [-0.39, 0.29) is 16.7 Å². The van der Waals surface area contributed by atoms with Crippen LogP contribution in [0.5, 0.6) is 0 Å². The zero-order valence-electron chi connectivity index (χ0n) is 18.1. The highest BCUT2D eigenvalue weighted by molar-refractivity contribution is 7.89. The Hall–Kier alpha value is -1.47. The predicted molar refractivity (Wildman–Crippen MR) is 116 cm³/mol. The number of sulfonamides is 1. The van der Waals surface area contributed by atoms with Gasteiger partial charge in [-0.3, -0.25) is 4.79 Å². The second-order valence-electron chi connectivity index (χ2n) is 10.6. The van der Waals surface area contributed by atoms with E-state index in [1.165, 1.54) is 55.0 Å². The minimum absolute atomic E-state index is 0.0727. The molecule has 1 aromatic rings. The van der Waals surface area contributed by atoms with E-state index >= 15 is 0 Å². The van der Waals surface area contributed by atoms with Gasteiger partial charge >= 0.3 is 0 Å². The maximum Gasteiger partial charge on any atom is 0.243 e. The lowest BCUT2D eigenvalue weighted by molar-refractivity contribution is -0.126. The van der Waals surface area contributed by atoms with E-state index in [1.54, 1.807) is 0 Å². The lowest BCUT2D eigenvalue weighted by atomic mass is 9.49. The number of carbonyl (C=O) groups excluding carboxylic acids is 1. The van der Waals surface area contributed by atoms with Gasteiger partial charge in [-0.15, -0.1) is 0 Å². The zero-order valence-corrected chi connectivity index (χ0v) is 18.9. The monoisotopic (exact) mass is 448 g/mol. The second kappa shape index (κ2) is 8.14. The van der Waals surface area contributed by atoms with Gasteiger partial charge in [-0.25, -0.2) is 12.8 Å². The van der Waals surface area contributed by atoms with E-state index in [0.29, 0.717) is 31.3 Å². The lowest BCUT2D eigenvalue weighted by Crippen LogP contribution is -2.48. The summed E-state index contributed by atoms with van der Waals surface area (Å²) >= 11 is 0. The SMILES string of the molecule is O=C(NCCC12CC3CC(CC(C3)C1)C2)C1CCN(S(=O)(=O)c2ccc(F)cc2)CC1. The highest BCUT2D eigenvalue weighted by Gasteiger charge is 2.50. The molecule has 1 saturated heterocycles. The molecule has 4 aliphatic carbocycles. The smallest absolute Gasteiger partial charge is 0.243 e. The molecule has 0 aromatic heterocycles. The van der Waals surface area contributed by atoms with Crippen LogP contribution in [0.1, 0.15) is 57.8 Å². The molecule has 170 valence electrons. The van der Waals surface area contributed by atoms with Gasteiger partial charge in [-0.2, -0.15) is 4.31 Å². The van der Waals surface area contributed by atoms with Crippen molar-refractivity contribution < 1.29 is 17.6 Å². The molecule has 1 N–H and O–H groups in total. The Labute approximate surface area is 184 Å². The standard InChI is InChI=1S/C24H33FN2O3S/c25-21-1-3-22(4-2-21)31(29,30)27-9-5-20(6-10-27)23(28)26-8-7-24-14-17-11-18(15-24)13-19(12-17)16-24/h1-4,17-20H,5-16H2,(H,26,28). The summed E-state index contributed by atoms with van der Waals surface area (Å²) in [6, 6.07) is 4.93. The second-order valence-corrected chi connectivity index (χ2v) is 12.5. The lowest BCUT2D eigenvalue weighted by Gasteiger charge is -2.57. The molecule has 1 aliphatic heterocycles. The molecule has 0 spiro atoms. The van der Waals surface area contributed by atoms with Gasteiger partial charge in [-0.1, -0.05) is 0 Å². The first-order chi connectivity index (χ1) is 14.8. The number of nitrogens with zero attached hydrogens (tertiary/aromatic N) is 1. The molecule has 31 heavy (non-hydrogen) atoms. The van der Waals surface area contributed by atoms with Crippen molar-refractivity contribution in [2.24, 2.45) is 29.1 Å². The van der Waals surface area contributed by atoms with E-state index < -0.39 is 15.8 Å². The number of nitrogens with one attached hydrogen (secondary N) is 1. The topological polar surface area (TPSA) is 66.5 Å². The molecule has 6 rings (SSSR count). The Bertz CT molecular complexity index is 887. The maximum absolute atomic E-state index is 13.1. The summed E-state index contributed by atoms with van der Waals surface area (Å²) in [4.78, 5) is 12.8. The molecule has 4 saturated carbocycles. The average Bonchev–Trinajstić information content (AvgIpc) is 2.73. The number of hydrogen-bond acceptors (Lipinski definition) is 3. The Morgan fingerprint density at radius 3 is 2.10 bits per heavy atom. The summed E-state index contributed by atoms with van der Waals surface area (Å²) in [5, 5.41) is 3.17. The quantitative estimate of drug-likeness (QED) is 0.717. The van der Waals surface area contributed by atoms with E-state index in [2.05, 4.69) is 5.32 Å². The summed E-state index contributed by atoms with van der Waals surface area (Å²) in [7, 11) is -3.64. The van der Waals surface area contributed by atoms with Crippen molar-refractivity contribution >= 4 is 15.9 Å². The zero-order chi connectivity index (χ0) is 21.6. The average molecular weight is 449 g/mol. The fourth-order valence-corrected chi connectivity index (χ4v) is 8.78. The molecular formula is C24H33FN2O3S. The molecule has 0 radical (unpaired) electrons. The highest BCUT2D eigenvalue weighted by Crippen LogP contribution is 2.61. The Morgan fingerprint density at radius 2 is 1.55 bits per heavy atom. The van der Waals surface area contributed by atoms with Gasteiger partial charge in [-0.05, 0) is 105 Å². The molecule has 1 aromatic carbocycles. The summed E-state index contributed by atoms with van der Waals surface area (Å²) in [5.41, 5.74) is 0.467. The summed E-state index contributed by atoms with van der Waals surface area (Å²) in [6.45, 7) is 1.40. The van der Waals surface area contributed by atoms with Gasteiger partial charge in [0, 0.05) is 25.6 Å². The number of rotatable bonds is 6. The van der Waals surface area contributed by atoms with Crippen LogP contribution in [0.3, 0.4) is 0 Å². The third kappa shape index (κ3) is 4.28. The van der Waals surface area contributed by atoms with Gasteiger partial charge in [0.15, 0.2) is 0 Å².